The fourth-order valence-electron chi connectivity index (χ4n) is 2.96. The SMILES string of the molecule is O=C(/C=C/c1cccc([N+](=O)[O-])c1)NC1(c2ccccc2)CCC1. The van der Waals surface area contributed by atoms with Gasteiger partial charge in [0.2, 0.25) is 5.91 Å². The average molecular weight is 322 g/mol. The lowest BCUT2D eigenvalue weighted by Gasteiger charge is -2.42. The van der Waals surface area contributed by atoms with Gasteiger partial charge in [-0.15, -0.1) is 0 Å². The molecule has 1 aliphatic rings. The molecule has 5 heteroatoms. The predicted molar refractivity (Wildman–Crippen MR) is 92.2 cm³/mol. The summed E-state index contributed by atoms with van der Waals surface area (Å²) in [5, 5.41) is 13.9. The minimum atomic E-state index is -0.448. The fourth-order valence-corrected chi connectivity index (χ4v) is 2.96. The number of nitro benzene ring substituents is 1. The molecule has 0 aromatic heterocycles. The molecule has 24 heavy (non-hydrogen) atoms. The molecular formula is C19H18N2O3. The van der Waals surface area contributed by atoms with Crippen LogP contribution >= 0.6 is 0 Å². The van der Waals surface area contributed by atoms with Gasteiger partial charge >= 0.3 is 0 Å². The van der Waals surface area contributed by atoms with Gasteiger partial charge in [0.1, 0.15) is 0 Å². The van der Waals surface area contributed by atoms with Crippen molar-refractivity contribution in [3.05, 3.63) is 81.9 Å². The summed E-state index contributed by atoms with van der Waals surface area (Å²) in [5.74, 6) is -0.190. The molecule has 0 saturated heterocycles. The number of hydrogen-bond donors (Lipinski definition) is 1. The lowest BCUT2D eigenvalue weighted by Crippen LogP contribution is -2.50. The molecule has 0 bridgehead atoms. The largest absolute Gasteiger partial charge is 0.343 e. The molecule has 1 fully saturated rings. The zero-order valence-electron chi connectivity index (χ0n) is 13.1. The van der Waals surface area contributed by atoms with E-state index in [9.17, 15) is 14.9 Å². The fraction of sp³-hybridized carbons (Fsp3) is 0.211. The summed E-state index contributed by atoms with van der Waals surface area (Å²) in [5.41, 5.74) is 1.47. The van der Waals surface area contributed by atoms with E-state index in [1.54, 1.807) is 18.2 Å². The summed E-state index contributed by atoms with van der Waals surface area (Å²) in [6, 6.07) is 16.2. The van der Waals surface area contributed by atoms with Crippen LogP contribution in [0.2, 0.25) is 0 Å². The van der Waals surface area contributed by atoms with Crippen molar-refractivity contribution in [3.8, 4) is 0 Å². The number of nitrogens with zero attached hydrogens (tertiary/aromatic N) is 1. The van der Waals surface area contributed by atoms with Gasteiger partial charge in [-0.25, -0.2) is 0 Å². The van der Waals surface area contributed by atoms with Crippen molar-refractivity contribution in [3.63, 3.8) is 0 Å². The van der Waals surface area contributed by atoms with Crippen molar-refractivity contribution in [2.75, 3.05) is 0 Å². The van der Waals surface area contributed by atoms with E-state index < -0.39 is 4.92 Å². The molecule has 2 aromatic carbocycles. The topological polar surface area (TPSA) is 72.2 Å². The van der Waals surface area contributed by atoms with Crippen LogP contribution in [0.15, 0.2) is 60.7 Å². The minimum Gasteiger partial charge on any atom is -0.343 e. The monoisotopic (exact) mass is 322 g/mol. The second kappa shape index (κ2) is 6.66. The highest BCUT2D eigenvalue weighted by atomic mass is 16.6. The molecule has 1 aliphatic carbocycles. The van der Waals surface area contributed by atoms with Crippen LogP contribution in [0.3, 0.4) is 0 Å². The van der Waals surface area contributed by atoms with Gasteiger partial charge in [-0.2, -0.15) is 0 Å². The number of benzene rings is 2. The van der Waals surface area contributed by atoms with E-state index in [4.69, 9.17) is 0 Å². The van der Waals surface area contributed by atoms with Gasteiger partial charge in [0.15, 0.2) is 0 Å². The minimum absolute atomic E-state index is 0.0114. The number of rotatable bonds is 5. The van der Waals surface area contributed by atoms with Gasteiger partial charge in [0, 0.05) is 18.2 Å². The Balaban J connectivity index is 1.71. The zero-order valence-corrected chi connectivity index (χ0v) is 13.1. The number of carbonyl (C=O) groups is 1. The van der Waals surface area contributed by atoms with Crippen LogP contribution in [-0.4, -0.2) is 10.8 Å². The third-order valence-electron chi connectivity index (χ3n) is 4.40. The summed E-state index contributed by atoms with van der Waals surface area (Å²) < 4.78 is 0. The van der Waals surface area contributed by atoms with Crippen molar-refractivity contribution in [2.24, 2.45) is 0 Å². The standard InChI is InChI=1S/C19H18N2O3/c22-18(11-10-15-6-4-9-17(14-15)21(23)24)20-19(12-5-13-19)16-7-2-1-3-8-16/h1-4,6-11,14H,5,12-13H2,(H,20,22)/b11-10+. The molecule has 1 N–H and O–H groups in total. The van der Waals surface area contributed by atoms with E-state index in [0.29, 0.717) is 5.56 Å². The van der Waals surface area contributed by atoms with E-state index in [0.717, 1.165) is 24.8 Å². The van der Waals surface area contributed by atoms with Gasteiger partial charge in [-0.05, 0) is 36.5 Å². The molecule has 1 amide bonds. The third-order valence-corrected chi connectivity index (χ3v) is 4.40. The van der Waals surface area contributed by atoms with Crippen molar-refractivity contribution >= 4 is 17.7 Å². The Morgan fingerprint density at radius 2 is 1.88 bits per heavy atom. The summed E-state index contributed by atoms with van der Waals surface area (Å²) in [6.07, 6.45) is 5.96. The molecule has 122 valence electrons. The van der Waals surface area contributed by atoms with Gasteiger partial charge in [-0.3, -0.25) is 14.9 Å². The molecule has 0 unspecified atom stereocenters. The Bertz CT molecular complexity index is 780. The van der Waals surface area contributed by atoms with Crippen LogP contribution in [0.5, 0.6) is 0 Å². The van der Waals surface area contributed by atoms with E-state index >= 15 is 0 Å². The van der Waals surface area contributed by atoms with Crippen molar-refractivity contribution in [2.45, 2.75) is 24.8 Å². The summed E-state index contributed by atoms with van der Waals surface area (Å²) in [6.45, 7) is 0. The number of non-ortho nitro benzene ring substituents is 1. The molecular weight excluding hydrogens is 304 g/mol. The molecule has 0 radical (unpaired) electrons. The lowest BCUT2D eigenvalue weighted by atomic mass is 9.72. The number of nitrogens with one attached hydrogen (secondary N) is 1. The van der Waals surface area contributed by atoms with Crippen LogP contribution in [0.4, 0.5) is 5.69 Å². The highest BCUT2D eigenvalue weighted by Gasteiger charge is 2.39. The van der Waals surface area contributed by atoms with E-state index in [1.165, 1.54) is 18.2 Å². The van der Waals surface area contributed by atoms with Gasteiger partial charge in [0.25, 0.3) is 5.69 Å². The number of hydrogen-bond acceptors (Lipinski definition) is 3. The lowest BCUT2D eigenvalue weighted by molar-refractivity contribution is -0.384. The summed E-state index contributed by atoms with van der Waals surface area (Å²) in [7, 11) is 0. The van der Waals surface area contributed by atoms with Crippen LogP contribution < -0.4 is 5.32 Å². The highest BCUT2D eigenvalue weighted by molar-refractivity contribution is 5.92. The highest BCUT2D eigenvalue weighted by Crippen LogP contribution is 2.41. The van der Waals surface area contributed by atoms with Gasteiger partial charge in [0.05, 0.1) is 10.5 Å². The Kier molecular flexibility index (Phi) is 4.42. The van der Waals surface area contributed by atoms with Crippen molar-refractivity contribution in [1.82, 2.24) is 5.32 Å². The van der Waals surface area contributed by atoms with E-state index in [2.05, 4.69) is 5.32 Å². The van der Waals surface area contributed by atoms with Gasteiger partial charge in [-0.1, -0.05) is 42.5 Å². The van der Waals surface area contributed by atoms with Crippen molar-refractivity contribution < 1.29 is 9.72 Å². The number of carbonyl (C=O) groups excluding carboxylic acids is 1. The maximum Gasteiger partial charge on any atom is 0.270 e. The molecule has 0 aliphatic heterocycles. The summed E-state index contributed by atoms with van der Waals surface area (Å²) in [4.78, 5) is 22.6. The van der Waals surface area contributed by atoms with Crippen molar-refractivity contribution in [1.29, 1.82) is 0 Å². The molecule has 0 atom stereocenters. The Morgan fingerprint density at radius 3 is 2.50 bits per heavy atom. The first-order valence-electron chi connectivity index (χ1n) is 7.89. The summed E-state index contributed by atoms with van der Waals surface area (Å²) >= 11 is 0. The Morgan fingerprint density at radius 1 is 1.12 bits per heavy atom. The maximum atomic E-state index is 12.3. The molecule has 3 rings (SSSR count). The van der Waals surface area contributed by atoms with Crippen LogP contribution in [0.25, 0.3) is 6.08 Å². The Labute approximate surface area is 140 Å². The zero-order chi connectivity index (χ0) is 17.0. The average Bonchev–Trinajstić information content (AvgIpc) is 2.57. The van der Waals surface area contributed by atoms with E-state index in [-0.39, 0.29) is 17.1 Å². The second-order valence-electron chi connectivity index (χ2n) is 5.98. The number of amides is 1. The van der Waals surface area contributed by atoms with Gasteiger partial charge < -0.3 is 5.32 Å². The second-order valence-corrected chi connectivity index (χ2v) is 5.98. The maximum absolute atomic E-state index is 12.3. The van der Waals surface area contributed by atoms with Crippen LogP contribution in [0.1, 0.15) is 30.4 Å². The van der Waals surface area contributed by atoms with Crippen LogP contribution in [0, 0.1) is 10.1 Å². The molecule has 0 heterocycles. The van der Waals surface area contributed by atoms with Crippen LogP contribution in [-0.2, 0) is 10.3 Å². The molecule has 5 nitrogen and oxygen atoms in total. The first kappa shape index (κ1) is 15.9. The Hall–Kier alpha value is -2.95. The predicted octanol–water partition coefficient (Wildman–Crippen LogP) is 3.80. The molecule has 2 aromatic rings. The smallest absolute Gasteiger partial charge is 0.270 e. The first-order valence-corrected chi connectivity index (χ1v) is 7.89. The quantitative estimate of drug-likeness (QED) is 0.517. The first-order chi connectivity index (χ1) is 11.6. The molecule has 1 saturated carbocycles. The molecule has 0 spiro atoms. The third kappa shape index (κ3) is 3.35. The number of nitro groups is 1. The normalized spacial score (nSPS) is 15.7. The van der Waals surface area contributed by atoms with E-state index in [1.807, 2.05) is 30.3 Å².